The van der Waals surface area contributed by atoms with E-state index >= 15 is 0 Å². The molecule has 7 heteroatoms. The molecule has 0 aliphatic carbocycles. The van der Waals surface area contributed by atoms with E-state index in [2.05, 4.69) is 21.9 Å². The zero-order valence-electron chi connectivity index (χ0n) is 18.3. The van der Waals surface area contributed by atoms with Gasteiger partial charge in [0.25, 0.3) is 11.8 Å². The van der Waals surface area contributed by atoms with Crippen molar-refractivity contribution in [2.45, 2.75) is 12.0 Å². The average molecular weight is 443 g/mol. The molecule has 0 saturated carbocycles. The van der Waals surface area contributed by atoms with Crippen LogP contribution in [0.5, 0.6) is 0 Å². The Morgan fingerprint density at radius 3 is 2.67 bits per heavy atom. The lowest BCUT2D eigenvalue weighted by molar-refractivity contribution is -0.157. The Morgan fingerprint density at radius 1 is 1.12 bits per heavy atom. The molecule has 1 saturated heterocycles. The summed E-state index contributed by atoms with van der Waals surface area (Å²) in [5.74, 6) is -0.550. The minimum absolute atomic E-state index is 0.106. The molecule has 0 bridgehead atoms. The second kappa shape index (κ2) is 10.2. The molecule has 0 radical (unpaired) electrons. The highest BCUT2D eigenvalue weighted by Crippen LogP contribution is 2.30. The van der Waals surface area contributed by atoms with E-state index in [1.807, 2.05) is 54.6 Å². The second-order valence-corrected chi connectivity index (χ2v) is 7.86. The molecule has 4 rings (SSSR count). The van der Waals surface area contributed by atoms with Crippen molar-refractivity contribution in [3.05, 3.63) is 97.1 Å². The lowest BCUT2D eigenvalue weighted by Crippen LogP contribution is -2.62. The average Bonchev–Trinajstić information content (AvgIpc) is 2.88. The van der Waals surface area contributed by atoms with Crippen molar-refractivity contribution in [2.24, 2.45) is 0 Å². The van der Waals surface area contributed by atoms with Crippen LogP contribution in [0.1, 0.15) is 16.1 Å². The van der Waals surface area contributed by atoms with Crippen LogP contribution >= 0.6 is 0 Å². The molecule has 1 aliphatic rings. The molecule has 1 aromatic heterocycles. The zero-order valence-corrected chi connectivity index (χ0v) is 18.3. The quantitative estimate of drug-likeness (QED) is 0.569. The molecule has 0 spiro atoms. The van der Waals surface area contributed by atoms with Crippen LogP contribution in [0.25, 0.3) is 11.1 Å². The minimum atomic E-state index is -1.25. The maximum atomic E-state index is 13.4. The third-order valence-electron chi connectivity index (χ3n) is 5.65. The number of nitrogens with zero attached hydrogens (tertiary/aromatic N) is 3. The predicted octanol–water partition coefficient (Wildman–Crippen LogP) is 2.90. The van der Waals surface area contributed by atoms with Crippen molar-refractivity contribution in [1.29, 1.82) is 0 Å². The van der Waals surface area contributed by atoms with E-state index in [0.29, 0.717) is 19.5 Å². The first-order chi connectivity index (χ1) is 16.1. The van der Waals surface area contributed by atoms with Gasteiger partial charge in [0, 0.05) is 31.9 Å². The summed E-state index contributed by atoms with van der Waals surface area (Å²) in [5.41, 5.74) is 2.04. The first-order valence-electron chi connectivity index (χ1n) is 10.8. The zero-order chi connectivity index (χ0) is 23.1. The highest BCUT2D eigenvalue weighted by molar-refractivity contribution is 5.93. The van der Waals surface area contributed by atoms with E-state index in [0.717, 1.165) is 16.7 Å². The molecule has 3 aromatic rings. The number of hydrogen-bond donors (Lipinski definition) is 1. The Hall–Kier alpha value is -3.84. The fourth-order valence-corrected chi connectivity index (χ4v) is 4.06. The minimum Gasteiger partial charge on any atom is -0.361 e. The van der Waals surface area contributed by atoms with Crippen molar-refractivity contribution in [1.82, 2.24) is 20.2 Å². The highest BCUT2D eigenvalue weighted by Gasteiger charge is 2.45. The van der Waals surface area contributed by atoms with E-state index in [-0.39, 0.29) is 30.7 Å². The first kappa shape index (κ1) is 22.4. The SMILES string of the molecule is C=CCNC(=O)[C@]1(Cc2ccccc2-c2ccccc2)CN(C(=O)c2cnccn2)CCO1. The van der Waals surface area contributed by atoms with E-state index in [9.17, 15) is 9.59 Å². The molecule has 2 aromatic carbocycles. The largest absolute Gasteiger partial charge is 0.361 e. The van der Waals surface area contributed by atoms with E-state index < -0.39 is 5.60 Å². The summed E-state index contributed by atoms with van der Waals surface area (Å²) < 4.78 is 6.16. The Balaban J connectivity index is 1.68. The molecule has 33 heavy (non-hydrogen) atoms. The summed E-state index contributed by atoms with van der Waals surface area (Å²) in [5, 5.41) is 2.87. The number of benzene rings is 2. The van der Waals surface area contributed by atoms with Gasteiger partial charge in [-0.2, -0.15) is 0 Å². The highest BCUT2D eigenvalue weighted by atomic mass is 16.5. The molecule has 2 amide bonds. The number of carbonyl (C=O) groups is 2. The maximum absolute atomic E-state index is 13.4. The Morgan fingerprint density at radius 2 is 1.91 bits per heavy atom. The van der Waals surface area contributed by atoms with Gasteiger partial charge < -0.3 is 15.0 Å². The second-order valence-electron chi connectivity index (χ2n) is 7.86. The van der Waals surface area contributed by atoms with Crippen molar-refractivity contribution in [3.8, 4) is 11.1 Å². The maximum Gasteiger partial charge on any atom is 0.274 e. The number of morpholine rings is 1. The normalized spacial score (nSPS) is 17.9. The van der Waals surface area contributed by atoms with E-state index in [4.69, 9.17) is 4.74 Å². The van der Waals surface area contributed by atoms with E-state index in [1.165, 1.54) is 18.6 Å². The smallest absolute Gasteiger partial charge is 0.274 e. The third kappa shape index (κ3) is 4.99. The monoisotopic (exact) mass is 442 g/mol. The van der Waals surface area contributed by atoms with Crippen LogP contribution in [0.15, 0.2) is 85.8 Å². The molecule has 7 nitrogen and oxygen atoms in total. The van der Waals surface area contributed by atoms with Crippen LogP contribution in [-0.4, -0.2) is 58.5 Å². The van der Waals surface area contributed by atoms with Crippen LogP contribution in [0.4, 0.5) is 0 Å². The van der Waals surface area contributed by atoms with Crippen LogP contribution in [-0.2, 0) is 16.0 Å². The van der Waals surface area contributed by atoms with Crippen molar-refractivity contribution >= 4 is 11.8 Å². The van der Waals surface area contributed by atoms with Gasteiger partial charge in [-0.25, -0.2) is 4.98 Å². The number of hydrogen-bond acceptors (Lipinski definition) is 5. The summed E-state index contributed by atoms with van der Waals surface area (Å²) in [6, 6.07) is 18.0. The molecule has 0 unspecified atom stereocenters. The van der Waals surface area contributed by atoms with Crippen molar-refractivity contribution in [3.63, 3.8) is 0 Å². The molecule has 1 fully saturated rings. The summed E-state index contributed by atoms with van der Waals surface area (Å²) in [6.45, 7) is 4.70. The summed E-state index contributed by atoms with van der Waals surface area (Å²) in [6.07, 6.45) is 6.36. The van der Waals surface area contributed by atoms with Crippen molar-refractivity contribution in [2.75, 3.05) is 26.2 Å². The lowest BCUT2D eigenvalue weighted by Gasteiger charge is -2.41. The van der Waals surface area contributed by atoms with Crippen LogP contribution in [0.3, 0.4) is 0 Å². The Kier molecular flexibility index (Phi) is 6.90. The number of rotatable bonds is 7. The lowest BCUT2D eigenvalue weighted by atomic mass is 9.87. The van der Waals surface area contributed by atoms with Crippen LogP contribution < -0.4 is 5.32 Å². The molecule has 2 heterocycles. The van der Waals surface area contributed by atoms with Gasteiger partial charge in [-0.05, 0) is 16.7 Å². The molecule has 1 atom stereocenters. The van der Waals surface area contributed by atoms with Gasteiger partial charge in [-0.15, -0.1) is 6.58 Å². The number of ether oxygens (including phenoxy) is 1. The molecular formula is C26H26N4O3. The summed E-state index contributed by atoms with van der Waals surface area (Å²) in [7, 11) is 0. The van der Waals surface area contributed by atoms with Gasteiger partial charge in [0.2, 0.25) is 0 Å². The fraction of sp³-hybridized carbons (Fsp3) is 0.231. The Bertz CT molecular complexity index is 1120. The van der Waals surface area contributed by atoms with Gasteiger partial charge >= 0.3 is 0 Å². The fourth-order valence-electron chi connectivity index (χ4n) is 4.06. The number of carbonyl (C=O) groups excluding carboxylic acids is 2. The first-order valence-corrected chi connectivity index (χ1v) is 10.8. The molecule has 1 N–H and O–H groups in total. The van der Waals surface area contributed by atoms with Gasteiger partial charge in [-0.3, -0.25) is 14.6 Å². The van der Waals surface area contributed by atoms with Crippen LogP contribution in [0, 0.1) is 0 Å². The standard InChI is InChI=1S/C26H26N4O3/c1-2-12-29-25(32)26(17-21-10-6-7-11-22(21)20-8-4-3-5-9-20)19-30(15-16-33-26)24(31)23-18-27-13-14-28-23/h2-11,13-14,18H,1,12,15-17,19H2,(H,29,32)/t26-/m0/s1. The van der Waals surface area contributed by atoms with Gasteiger partial charge in [0.1, 0.15) is 5.69 Å². The number of aromatic nitrogens is 2. The van der Waals surface area contributed by atoms with Gasteiger partial charge in [0.05, 0.1) is 19.3 Å². The topological polar surface area (TPSA) is 84.4 Å². The van der Waals surface area contributed by atoms with Crippen molar-refractivity contribution < 1.29 is 14.3 Å². The summed E-state index contributed by atoms with van der Waals surface area (Å²) in [4.78, 5) is 36.2. The molecule has 1 aliphatic heterocycles. The molecule has 168 valence electrons. The summed E-state index contributed by atoms with van der Waals surface area (Å²) >= 11 is 0. The van der Waals surface area contributed by atoms with Crippen LogP contribution in [0.2, 0.25) is 0 Å². The van der Waals surface area contributed by atoms with Gasteiger partial charge in [-0.1, -0.05) is 60.7 Å². The number of amides is 2. The predicted molar refractivity (Wildman–Crippen MR) is 125 cm³/mol. The Labute approximate surface area is 193 Å². The van der Waals surface area contributed by atoms with Gasteiger partial charge in [0.15, 0.2) is 5.60 Å². The third-order valence-corrected chi connectivity index (χ3v) is 5.65. The molecular weight excluding hydrogens is 416 g/mol. The van der Waals surface area contributed by atoms with E-state index in [1.54, 1.807) is 11.0 Å². The number of nitrogens with one attached hydrogen (secondary N) is 1.